The molecule has 0 radical (unpaired) electrons. The molecular weight excluding hydrogens is 268 g/mol. The molecule has 1 aromatic heterocycles. The molecule has 0 aliphatic carbocycles. The highest BCUT2D eigenvalue weighted by atomic mass is 35.5. The number of rotatable bonds is 4. The van der Waals surface area contributed by atoms with Gasteiger partial charge in [0.05, 0.1) is 10.3 Å². The van der Waals surface area contributed by atoms with E-state index in [1.165, 1.54) is 11.3 Å². The first-order valence-electron chi connectivity index (χ1n) is 6.30. The molecule has 0 spiro atoms. The van der Waals surface area contributed by atoms with Crippen LogP contribution in [0.3, 0.4) is 0 Å². The zero-order chi connectivity index (χ0) is 13.1. The minimum absolute atomic E-state index is 0.0733. The number of nitrogens with one attached hydrogen (secondary N) is 1. The maximum atomic E-state index is 12.4. The van der Waals surface area contributed by atoms with Crippen molar-refractivity contribution in [3.05, 3.63) is 21.3 Å². The van der Waals surface area contributed by atoms with Crippen molar-refractivity contribution in [2.45, 2.75) is 19.3 Å². The predicted octanol–water partition coefficient (Wildman–Crippen LogP) is 2.57. The molecule has 18 heavy (non-hydrogen) atoms. The summed E-state index contributed by atoms with van der Waals surface area (Å²) in [5, 5.41) is 3.18. The van der Waals surface area contributed by atoms with Gasteiger partial charge in [-0.2, -0.15) is 0 Å². The van der Waals surface area contributed by atoms with Gasteiger partial charge in [-0.3, -0.25) is 4.79 Å². The summed E-state index contributed by atoms with van der Waals surface area (Å²) in [7, 11) is 1.96. The van der Waals surface area contributed by atoms with Gasteiger partial charge in [0.1, 0.15) is 0 Å². The highest BCUT2D eigenvalue weighted by molar-refractivity contribution is 7.16. The average molecular weight is 287 g/mol. The van der Waals surface area contributed by atoms with Crippen LogP contribution in [0.25, 0.3) is 0 Å². The fraction of sp³-hybridized carbons (Fsp3) is 0.615. The van der Waals surface area contributed by atoms with Crippen LogP contribution in [0.1, 0.15) is 24.1 Å². The van der Waals surface area contributed by atoms with E-state index in [4.69, 9.17) is 11.6 Å². The molecule has 0 bridgehead atoms. The summed E-state index contributed by atoms with van der Waals surface area (Å²) in [6.07, 6.45) is 1.10. The summed E-state index contributed by atoms with van der Waals surface area (Å²) >= 11 is 7.42. The zero-order valence-corrected chi connectivity index (χ0v) is 12.4. The lowest BCUT2D eigenvalue weighted by Gasteiger charge is -2.20. The van der Waals surface area contributed by atoms with E-state index in [1.54, 1.807) is 0 Å². The van der Waals surface area contributed by atoms with Crippen LogP contribution in [0.4, 0.5) is 0 Å². The van der Waals surface area contributed by atoms with Crippen molar-refractivity contribution in [3.8, 4) is 0 Å². The summed E-state index contributed by atoms with van der Waals surface area (Å²) in [4.78, 5) is 15.4. The number of carbonyl (C=O) groups excluding carboxylic acids is 1. The van der Waals surface area contributed by atoms with Crippen LogP contribution in [0.2, 0.25) is 4.34 Å². The molecule has 2 rings (SSSR count). The summed E-state index contributed by atoms with van der Waals surface area (Å²) in [6, 6.07) is 3.82. The third kappa shape index (κ3) is 3.05. The number of nitrogens with zero attached hydrogens (tertiary/aromatic N) is 1. The second-order valence-electron chi connectivity index (χ2n) is 4.86. The fourth-order valence-electron chi connectivity index (χ4n) is 2.44. The summed E-state index contributed by atoms with van der Waals surface area (Å²) in [6.45, 7) is 4.72. The van der Waals surface area contributed by atoms with Crippen molar-refractivity contribution in [1.29, 1.82) is 0 Å². The molecule has 0 aromatic carbocycles. The molecule has 5 heteroatoms. The first-order valence-corrected chi connectivity index (χ1v) is 7.50. The largest absolute Gasteiger partial charge is 0.342 e. The molecule has 2 atom stereocenters. The number of hydrogen-bond acceptors (Lipinski definition) is 3. The number of thiophene rings is 1. The van der Waals surface area contributed by atoms with Crippen molar-refractivity contribution in [1.82, 2.24) is 10.2 Å². The monoisotopic (exact) mass is 286 g/mol. The van der Waals surface area contributed by atoms with Gasteiger partial charge >= 0.3 is 0 Å². The van der Waals surface area contributed by atoms with E-state index in [1.807, 2.05) is 31.0 Å². The van der Waals surface area contributed by atoms with Gasteiger partial charge in [0.15, 0.2) is 0 Å². The van der Waals surface area contributed by atoms with E-state index in [0.717, 1.165) is 35.3 Å². The third-order valence-corrected chi connectivity index (χ3v) is 4.90. The van der Waals surface area contributed by atoms with Crippen LogP contribution in [-0.2, 0) is 4.79 Å². The smallest absolute Gasteiger partial charge is 0.230 e. The number of likely N-dealkylation sites (tertiary alicyclic amines) is 1. The molecule has 1 aromatic rings. The molecule has 0 saturated carbocycles. The number of halogens is 1. The molecular formula is C13H19ClN2OS. The van der Waals surface area contributed by atoms with Crippen LogP contribution in [0.15, 0.2) is 12.1 Å². The Morgan fingerprint density at radius 1 is 1.67 bits per heavy atom. The van der Waals surface area contributed by atoms with E-state index in [2.05, 4.69) is 5.32 Å². The third-order valence-electron chi connectivity index (χ3n) is 3.48. The lowest BCUT2D eigenvalue weighted by molar-refractivity contribution is -0.131. The average Bonchev–Trinajstić information content (AvgIpc) is 2.97. The number of amides is 1. The normalized spacial score (nSPS) is 21.3. The molecule has 1 amide bonds. The molecule has 100 valence electrons. The van der Waals surface area contributed by atoms with Crippen molar-refractivity contribution < 1.29 is 4.79 Å². The molecule has 1 fully saturated rings. The van der Waals surface area contributed by atoms with Gasteiger partial charge in [0.2, 0.25) is 5.91 Å². The van der Waals surface area contributed by atoms with Gasteiger partial charge in [-0.05, 0) is 45.0 Å². The van der Waals surface area contributed by atoms with E-state index < -0.39 is 0 Å². The molecule has 2 heterocycles. The van der Waals surface area contributed by atoms with Crippen molar-refractivity contribution in [3.63, 3.8) is 0 Å². The number of hydrogen-bond donors (Lipinski definition) is 1. The molecule has 1 N–H and O–H groups in total. The fourth-order valence-corrected chi connectivity index (χ4v) is 3.55. The summed E-state index contributed by atoms with van der Waals surface area (Å²) < 4.78 is 0.749. The maximum absolute atomic E-state index is 12.4. The van der Waals surface area contributed by atoms with Crippen molar-refractivity contribution >= 4 is 28.8 Å². The first-order chi connectivity index (χ1) is 8.61. The van der Waals surface area contributed by atoms with E-state index >= 15 is 0 Å². The van der Waals surface area contributed by atoms with Crippen LogP contribution in [-0.4, -0.2) is 37.5 Å². The molecule has 1 aliphatic rings. The Bertz CT molecular complexity index is 421. The molecule has 1 aliphatic heterocycles. The zero-order valence-electron chi connectivity index (χ0n) is 10.8. The second kappa shape index (κ2) is 6.04. The summed E-state index contributed by atoms with van der Waals surface area (Å²) in [5.74, 6) is 0.751. The van der Waals surface area contributed by atoms with E-state index in [9.17, 15) is 4.79 Å². The second-order valence-corrected chi connectivity index (χ2v) is 6.61. The highest BCUT2D eigenvalue weighted by Crippen LogP contribution is 2.30. The SMILES string of the molecule is CNCC1CCN(C(=O)C(C)c2ccc(Cl)s2)C1. The van der Waals surface area contributed by atoms with E-state index in [0.29, 0.717) is 5.92 Å². The minimum atomic E-state index is -0.0733. The van der Waals surface area contributed by atoms with Crippen molar-refractivity contribution in [2.75, 3.05) is 26.7 Å². The van der Waals surface area contributed by atoms with Gasteiger partial charge in [-0.25, -0.2) is 0 Å². The van der Waals surface area contributed by atoms with Crippen LogP contribution in [0, 0.1) is 5.92 Å². The Morgan fingerprint density at radius 2 is 2.44 bits per heavy atom. The molecule has 2 unspecified atom stereocenters. The Morgan fingerprint density at radius 3 is 3.06 bits per heavy atom. The lowest BCUT2D eigenvalue weighted by Crippen LogP contribution is -2.33. The Balaban J connectivity index is 1.95. The van der Waals surface area contributed by atoms with Crippen molar-refractivity contribution in [2.24, 2.45) is 5.92 Å². The summed E-state index contributed by atoms with van der Waals surface area (Å²) in [5.41, 5.74) is 0. The van der Waals surface area contributed by atoms with E-state index in [-0.39, 0.29) is 11.8 Å². The van der Waals surface area contributed by atoms with Crippen LogP contribution >= 0.6 is 22.9 Å². The molecule has 1 saturated heterocycles. The standard InChI is InChI=1S/C13H19ClN2OS/c1-9(11-3-4-12(14)18-11)13(17)16-6-5-10(8-16)7-15-2/h3-4,9-10,15H,5-8H2,1-2H3. The van der Waals surface area contributed by atoms with Gasteiger partial charge < -0.3 is 10.2 Å². The Kier molecular flexibility index (Phi) is 4.65. The van der Waals surface area contributed by atoms with Gasteiger partial charge in [-0.15, -0.1) is 11.3 Å². The Labute approximate surface area is 117 Å². The topological polar surface area (TPSA) is 32.3 Å². The van der Waals surface area contributed by atoms with Crippen LogP contribution in [0.5, 0.6) is 0 Å². The highest BCUT2D eigenvalue weighted by Gasteiger charge is 2.29. The van der Waals surface area contributed by atoms with Crippen LogP contribution < -0.4 is 5.32 Å². The van der Waals surface area contributed by atoms with Gasteiger partial charge in [-0.1, -0.05) is 11.6 Å². The first kappa shape index (κ1) is 13.8. The van der Waals surface area contributed by atoms with Gasteiger partial charge in [0, 0.05) is 18.0 Å². The minimum Gasteiger partial charge on any atom is -0.342 e. The quantitative estimate of drug-likeness (QED) is 0.923. The maximum Gasteiger partial charge on any atom is 0.230 e. The van der Waals surface area contributed by atoms with Gasteiger partial charge in [0.25, 0.3) is 0 Å². The Hall–Kier alpha value is -0.580. The predicted molar refractivity (Wildman–Crippen MR) is 76.4 cm³/mol. The lowest BCUT2D eigenvalue weighted by atomic mass is 10.1. The molecule has 3 nitrogen and oxygen atoms in total. The number of carbonyl (C=O) groups is 1.